The minimum absolute atomic E-state index is 0.0887. The first-order valence-electron chi connectivity index (χ1n) is 6.79. The Balaban J connectivity index is 2.29. The Bertz CT molecular complexity index is 702. The Kier molecular flexibility index (Phi) is 2.97. The average Bonchev–Trinajstić information content (AvgIpc) is 2.81. The number of aromatic nitrogens is 1. The van der Waals surface area contributed by atoms with E-state index in [9.17, 15) is 9.59 Å². The number of ether oxygens (including phenoxy) is 1. The Morgan fingerprint density at radius 1 is 1.40 bits per heavy atom. The van der Waals surface area contributed by atoms with Crippen LogP contribution in [-0.2, 0) is 9.53 Å². The molecule has 0 saturated carbocycles. The molecular formula is C15H16N2O3. The van der Waals surface area contributed by atoms with Crippen LogP contribution in [0.2, 0.25) is 0 Å². The fraction of sp³-hybridized carbons (Fsp3) is 0.333. The lowest BCUT2D eigenvalue weighted by atomic mass is 10.1. The van der Waals surface area contributed by atoms with Crippen molar-refractivity contribution in [2.75, 3.05) is 11.9 Å². The number of nitrogens with zero attached hydrogens (tertiary/aromatic N) is 1. The predicted molar refractivity (Wildman–Crippen MR) is 75.9 cm³/mol. The van der Waals surface area contributed by atoms with Gasteiger partial charge in [-0.1, -0.05) is 19.1 Å². The molecule has 1 amide bonds. The molecule has 2 aromatic rings. The second-order valence-corrected chi connectivity index (χ2v) is 4.78. The van der Waals surface area contributed by atoms with Crippen molar-refractivity contribution in [1.82, 2.24) is 4.57 Å². The monoisotopic (exact) mass is 272 g/mol. The van der Waals surface area contributed by atoms with Gasteiger partial charge < -0.3 is 14.6 Å². The smallest absolute Gasteiger partial charge is 0.354 e. The maximum absolute atomic E-state index is 12.2. The first-order valence-corrected chi connectivity index (χ1v) is 6.79. The minimum atomic E-state index is -0.386. The molecule has 0 aliphatic carbocycles. The van der Waals surface area contributed by atoms with Crippen LogP contribution in [-0.4, -0.2) is 23.1 Å². The average molecular weight is 272 g/mol. The van der Waals surface area contributed by atoms with Crippen molar-refractivity contribution in [3.63, 3.8) is 0 Å². The molecule has 5 heteroatoms. The second kappa shape index (κ2) is 4.67. The topological polar surface area (TPSA) is 60.3 Å². The van der Waals surface area contributed by atoms with E-state index in [2.05, 4.69) is 5.32 Å². The van der Waals surface area contributed by atoms with E-state index in [0.29, 0.717) is 18.7 Å². The number of benzene rings is 1. The number of hydrogen-bond donors (Lipinski definition) is 1. The van der Waals surface area contributed by atoms with Gasteiger partial charge in [0.1, 0.15) is 11.7 Å². The van der Waals surface area contributed by atoms with Crippen LogP contribution >= 0.6 is 0 Å². The molecule has 5 nitrogen and oxygen atoms in total. The molecular weight excluding hydrogens is 256 g/mol. The lowest BCUT2D eigenvalue weighted by molar-refractivity contribution is -0.119. The van der Waals surface area contributed by atoms with Gasteiger partial charge in [-0.05, 0) is 25.5 Å². The first kappa shape index (κ1) is 12.7. The number of amides is 1. The highest BCUT2D eigenvalue weighted by Crippen LogP contribution is 2.35. The second-order valence-electron chi connectivity index (χ2n) is 4.78. The third-order valence-electron chi connectivity index (χ3n) is 3.60. The lowest BCUT2D eigenvalue weighted by Crippen LogP contribution is -2.31. The highest BCUT2D eigenvalue weighted by Gasteiger charge is 2.31. The molecule has 104 valence electrons. The van der Waals surface area contributed by atoms with Crippen molar-refractivity contribution in [2.24, 2.45) is 0 Å². The molecule has 0 saturated heterocycles. The number of carbonyl (C=O) groups is 2. The fourth-order valence-corrected chi connectivity index (χ4v) is 2.77. The standard InChI is InChI=1S/C15H16N2O3/c1-3-11-14(18)16-10-7-5-6-9-8-12(15(19)20-4-2)17(11)13(9)10/h5-8,11H,3-4H2,1-2H3,(H,16,18). The SMILES string of the molecule is CCOC(=O)c1cc2cccc3c2n1C(CC)C(=O)N3. The van der Waals surface area contributed by atoms with Crippen molar-refractivity contribution in [2.45, 2.75) is 26.3 Å². The molecule has 0 radical (unpaired) electrons. The molecule has 2 heterocycles. The van der Waals surface area contributed by atoms with Gasteiger partial charge in [0.15, 0.2) is 0 Å². The van der Waals surface area contributed by atoms with E-state index in [0.717, 1.165) is 16.6 Å². The van der Waals surface area contributed by atoms with Gasteiger partial charge in [-0.25, -0.2) is 4.79 Å². The minimum Gasteiger partial charge on any atom is -0.461 e. The van der Waals surface area contributed by atoms with Crippen LogP contribution in [0.4, 0.5) is 5.69 Å². The fourth-order valence-electron chi connectivity index (χ4n) is 2.77. The van der Waals surface area contributed by atoms with Crippen LogP contribution in [0.15, 0.2) is 24.3 Å². The highest BCUT2D eigenvalue weighted by molar-refractivity contribution is 6.09. The molecule has 1 atom stereocenters. The summed E-state index contributed by atoms with van der Waals surface area (Å²) < 4.78 is 6.91. The summed E-state index contributed by atoms with van der Waals surface area (Å²) in [6.07, 6.45) is 0.621. The van der Waals surface area contributed by atoms with Gasteiger partial charge in [0.25, 0.3) is 0 Å². The van der Waals surface area contributed by atoms with Crippen molar-refractivity contribution in [1.29, 1.82) is 0 Å². The van der Waals surface area contributed by atoms with E-state index < -0.39 is 0 Å². The molecule has 1 aliphatic heterocycles. The van der Waals surface area contributed by atoms with E-state index in [1.165, 1.54) is 0 Å². The van der Waals surface area contributed by atoms with Crippen molar-refractivity contribution < 1.29 is 14.3 Å². The molecule has 1 aromatic heterocycles. The summed E-state index contributed by atoms with van der Waals surface area (Å²) in [4.78, 5) is 24.3. The van der Waals surface area contributed by atoms with Crippen molar-refractivity contribution in [3.05, 3.63) is 30.0 Å². The van der Waals surface area contributed by atoms with Crippen molar-refractivity contribution in [3.8, 4) is 0 Å². The van der Waals surface area contributed by atoms with E-state index in [1.54, 1.807) is 13.0 Å². The van der Waals surface area contributed by atoms with E-state index >= 15 is 0 Å². The van der Waals surface area contributed by atoms with Gasteiger partial charge in [-0.3, -0.25) is 4.79 Å². The maximum Gasteiger partial charge on any atom is 0.354 e. The summed E-state index contributed by atoms with van der Waals surface area (Å²) in [6, 6.07) is 7.06. The number of hydrogen-bond acceptors (Lipinski definition) is 3. The number of rotatable bonds is 3. The number of para-hydroxylation sites is 1. The summed E-state index contributed by atoms with van der Waals surface area (Å²) in [7, 11) is 0. The van der Waals surface area contributed by atoms with Gasteiger partial charge in [0.2, 0.25) is 5.91 Å². The third-order valence-corrected chi connectivity index (χ3v) is 3.60. The van der Waals surface area contributed by atoms with Crippen LogP contribution < -0.4 is 5.32 Å². The van der Waals surface area contributed by atoms with Crippen LogP contribution in [0.25, 0.3) is 10.9 Å². The zero-order valence-corrected chi connectivity index (χ0v) is 11.5. The van der Waals surface area contributed by atoms with E-state index in [4.69, 9.17) is 4.74 Å². The lowest BCUT2D eigenvalue weighted by Gasteiger charge is -2.26. The molecule has 3 rings (SSSR count). The zero-order chi connectivity index (χ0) is 14.3. The van der Waals surface area contributed by atoms with Crippen LogP contribution in [0.5, 0.6) is 0 Å². The summed E-state index contributed by atoms with van der Waals surface area (Å²) in [6.45, 7) is 4.02. The number of anilines is 1. The molecule has 20 heavy (non-hydrogen) atoms. The normalized spacial score (nSPS) is 17.1. The molecule has 0 spiro atoms. The van der Waals surface area contributed by atoms with E-state index in [1.807, 2.05) is 29.7 Å². The Morgan fingerprint density at radius 3 is 2.90 bits per heavy atom. The molecule has 0 bridgehead atoms. The van der Waals surface area contributed by atoms with Crippen LogP contribution in [0, 0.1) is 0 Å². The van der Waals surface area contributed by atoms with Crippen LogP contribution in [0.3, 0.4) is 0 Å². The Hall–Kier alpha value is -2.30. The van der Waals surface area contributed by atoms with E-state index in [-0.39, 0.29) is 17.9 Å². The number of esters is 1. The summed E-state index contributed by atoms with van der Waals surface area (Å²) >= 11 is 0. The molecule has 1 aliphatic rings. The quantitative estimate of drug-likeness (QED) is 0.874. The summed E-state index contributed by atoms with van der Waals surface area (Å²) in [5.41, 5.74) is 2.07. The molecule has 1 unspecified atom stereocenters. The Morgan fingerprint density at radius 2 is 2.20 bits per heavy atom. The first-order chi connectivity index (χ1) is 9.67. The maximum atomic E-state index is 12.2. The van der Waals surface area contributed by atoms with Gasteiger partial charge in [-0.15, -0.1) is 0 Å². The van der Waals surface area contributed by atoms with Gasteiger partial charge in [-0.2, -0.15) is 0 Å². The van der Waals surface area contributed by atoms with Gasteiger partial charge in [0, 0.05) is 5.39 Å². The van der Waals surface area contributed by atoms with Gasteiger partial charge >= 0.3 is 5.97 Å². The summed E-state index contributed by atoms with van der Waals surface area (Å²) in [5.74, 6) is -0.475. The van der Waals surface area contributed by atoms with Crippen molar-refractivity contribution >= 4 is 28.5 Å². The third kappa shape index (κ3) is 1.70. The summed E-state index contributed by atoms with van der Waals surface area (Å²) in [5, 5.41) is 3.83. The number of nitrogens with one attached hydrogen (secondary N) is 1. The predicted octanol–water partition coefficient (Wildman–Crippen LogP) is 2.72. The molecule has 0 fully saturated rings. The molecule has 1 N–H and O–H groups in total. The largest absolute Gasteiger partial charge is 0.461 e. The zero-order valence-electron chi connectivity index (χ0n) is 11.5. The molecule has 1 aromatic carbocycles. The highest BCUT2D eigenvalue weighted by atomic mass is 16.5. The number of carbonyl (C=O) groups excluding carboxylic acids is 2. The van der Waals surface area contributed by atoms with Gasteiger partial charge in [0.05, 0.1) is 17.8 Å². The Labute approximate surface area is 116 Å². The van der Waals surface area contributed by atoms with Crippen LogP contribution in [0.1, 0.15) is 36.8 Å².